The lowest BCUT2D eigenvalue weighted by Gasteiger charge is -2.32. The SMILES string of the molecule is CCN(C1CCCCC1)S(=O)(=O)c1ccc(C(=O)Nc2nnc(-c3ccc(Cl)cc3)o2)cc1. The van der Waals surface area contributed by atoms with E-state index >= 15 is 0 Å². The Hall–Kier alpha value is -2.75. The summed E-state index contributed by atoms with van der Waals surface area (Å²) in [5, 5.41) is 10.9. The number of aromatic nitrogens is 2. The van der Waals surface area contributed by atoms with Crippen molar-refractivity contribution in [1.29, 1.82) is 0 Å². The Labute approximate surface area is 198 Å². The van der Waals surface area contributed by atoms with Gasteiger partial charge >= 0.3 is 6.01 Å². The van der Waals surface area contributed by atoms with Crippen molar-refractivity contribution in [2.75, 3.05) is 11.9 Å². The normalized spacial score (nSPS) is 15.0. The van der Waals surface area contributed by atoms with Gasteiger partial charge in [0.25, 0.3) is 5.91 Å². The zero-order valence-corrected chi connectivity index (χ0v) is 19.8. The molecule has 8 nitrogen and oxygen atoms in total. The maximum absolute atomic E-state index is 13.2. The minimum Gasteiger partial charge on any atom is -0.403 e. The van der Waals surface area contributed by atoms with Gasteiger partial charge in [-0.25, -0.2) is 8.42 Å². The van der Waals surface area contributed by atoms with E-state index < -0.39 is 15.9 Å². The Kier molecular flexibility index (Phi) is 7.11. The molecule has 1 aromatic heterocycles. The lowest BCUT2D eigenvalue weighted by Crippen LogP contribution is -2.41. The second-order valence-corrected chi connectivity index (χ2v) is 10.2. The number of amides is 1. The molecule has 0 atom stereocenters. The molecule has 0 aliphatic heterocycles. The number of anilines is 1. The third-order valence-corrected chi connectivity index (χ3v) is 8.05. The van der Waals surface area contributed by atoms with Crippen LogP contribution in [0.4, 0.5) is 6.01 Å². The molecule has 2 aromatic carbocycles. The van der Waals surface area contributed by atoms with Crippen molar-refractivity contribution < 1.29 is 17.6 Å². The van der Waals surface area contributed by atoms with E-state index in [0.29, 0.717) is 17.1 Å². The number of carbonyl (C=O) groups is 1. The first-order valence-electron chi connectivity index (χ1n) is 10.9. The van der Waals surface area contributed by atoms with E-state index in [1.54, 1.807) is 28.6 Å². The minimum atomic E-state index is -3.63. The third-order valence-electron chi connectivity index (χ3n) is 5.75. The fraction of sp³-hybridized carbons (Fsp3) is 0.348. The van der Waals surface area contributed by atoms with E-state index in [9.17, 15) is 13.2 Å². The summed E-state index contributed by atoms with van der Waals surface area (Å²) in [7, 11) is -3.63. The highest BCUT2D eigenvalue weighted by atomic mass is 35.5. The first kappa shape index (κ1) is 23.4. The summed E-state index contributed by atoms with van der Waals surface area (Å²) < 4.78 is 33.4. The summed E-state index contributed by atoms with van der Waals surface area (Å²) in [6, 6.07) is 12.7. The van der Waals surface area contributed by atoms with Crippen molar-refractivity contribution in [3.63, 3.8) is 0 Å². The Morgan fingerprint density at radius 2 is 1.73 bits per heavy atom. The quantitative estimate of drug-likeness (QED) is 0.502. The standard InChI is InChI=1S/C23H25ClN4O4S/c1-2-28(19-6-4-3-5-7-19)33(30,31)20-14-10-16(11-15-20)21(29)25-23-27-26-22(32-23)17-8-12-18(24)13-9-17/h8-15,19H,2-7H2,1H3,(H,25,27,29). The molecule has 1 N–H and O–H groups in total. The van der Waals surface area contributed by atoms with Crippen LogP contribution in [-0.2, 0) is 10.0 Å². The van der Waals surface area contributed by atoms with Gasteiger partial charge in [0, 0.05) is 28.7 Å². The Morgan fingerprint density at radius 3 is 2.36 bits per heavy atom. The summed E-state index contributed by atoms with van der Waals surface area (Å²) >= 11 is 5.88. The second kappa shape index (κ2) is 10.0. The Balaban J connectivity index is 1.45. The molecule has 0 saturated heterocycles. The average Bonchev–Trinajstić information content (AvgIpc) is 3.29. The summed E-state index contributed by atoms with van der Waals surface area (Å²) in [5.74, 6) is -0.240. The van der Waals surface area contributed by atoms with Crippen molar-refractivity contribution >= 4 is 33.5 Å². The van der Waals surface area contributed by atoms with E-state index in [1.807, 2.05) is 6.92 Å². The number of halogens is 1. The van der Waals surface area contributed by atoms with Gasteiger partial charge < -0.3 is 4.42 Å². The largest absolute Gasteiger partial charge is 0.403 e. The first-order chi connectivity index (χ1) is 15.9. The molecule has 4 rings (SSSR count). The van der Waals surface area contributed by atoms with Gasteiger partial charge in [0.2, 0.25) is 15.9 Å². The van der Waals surface area contributed by atoms with Crippen molar-refractivity contribution in [3.05, 3.63) is 59.1 Å². The van der Waals surface area contributed by atoms with Crippen LogP contribution in [0.15, 0.2) is 57.8 Å². The summed E-state index contributed by atoms with van der Waals surface area (Å²) in [5.41, 5.74) is 0.946. The van der Waals surface area contributed by atoms with Gasteiger partial charge in [-0.2, -0.15) is 4.31 Å². The predicted octanol–water partition coefficient (Wildman–Crippen LogP) is 4.99. The van der Waals surface area contributed by atoms with Gasteiger partial charge in [-0.1, -0.05) is 42.9 Å². The van der Waals surface area contributed by atoms with E-state index in [1.165, 1.54) is 24.3 Å². The minimum absolute atomic E-state index is 0.0316. The molecular weight excluding hydrogens is 464 g/mol. The summed E-state index contributed by atoms with van der Waals surface area (Å²) in [6.45, 7) is 2.28. The smallest absolute Gasteiger partial charge is 0.322 e. The van der Waals surface area contributed by atoms with Crippen LogP contribution in [0.1, 0.15) is 49.4 Å². The highest BCUT2D eigenvalue weighted by Gasteiger charge is 2.31. The van der Waals surface area contributed by atoms with Crippen LogP contribution in [0.2, 0.25) is 5.02 Å². The van der Waals surface area contributed by atoms with Crippen molar-refractivity contribution in [3.8, 4) is 11.5 Å². The van der Waals surface area contributed by atoms with Gasteiger partial charge in [0.05, 0.1) is 4.90 Å². The molecule has 1 aliphatic rings. The number of nitrogens with one attached hydrogen (secondary N) is 1. The fourth-order valence-electron chi connectivity index (χ4n) is 4.06. The maximum atomic E-state index is 13.2. The molecule has 0 radical (unpaired) electrons. The number of rotatable bonds is 7. The highest BCUT2D eigenvalue weighted by Crippen LogP contribution is 2.28. The van der Waals surface area contributed by atoms with E-state index in [-0.39, 0.29) is 28.4 Å². The molecule has 1 fully saturated rings. The Morgan fingerprint density at radius 1 is 1.06 bits per heavy atom. The van der Waals surface area contributed by atoms with Crippen molar-refractivity contribution in [1.82, 2.24) is 14.5 Å². The molecule has 3 aromatic rings. The zero-order valence-electron chi connectivity index (χ0n) is 18.2. The molecular formula is C23H25ClN4O4S. The fourth-order valence-corrected chi connectivity index (χ4v) is 5.88. The molecule has 0 bridgehead atoms. The number of benzene rings is 2. The third kappa shape index (κ3) is 5.26. The molecule has 1 amide bonds. The van der Waals surface area contributed by atoms with Gasteiger partial charge in [-0.3, -0.25) is 10.1 Å². The van der Waals surface area contributed by atoms with Gasteiger partial charge in [0.1, 0.15) is 0 Å². The lowest BCUT2D eigenvalue weighted by molar-refractivity contribution is 0.102. The van der Waals surface area contributed by atoms with Crippen LogP contribution in [0, 0.1) is 0 Å². The second-order valence-electron chi connectivity index (χ2n) is 7.90. The molecule has 1 heterocycles. The van der Waals surface area contributed by atoms with E-state index in [2.05, 4.69) is 15.5 Å². The van der Waals surface area contributed by atoms with Gasteiger partial charge in [0.15, 0.2) is 0 Å². The number of nitrogens with zero attached hydrogens (tertiary/aromatic N) is 3. The van der Waals surface area contributed by atoms with Gasteiger partial charge in [-0.15, -0.1) is 5.10 Å². The van der Waals surface area contributed by atoms with E-state index in [4.69, 9.17) is 16.0 Å². The zero-order chi connectivity index (χ0) is 23.4. The summed E-state index contributed by atoms with van der Waals surface area (Å²) in [4.78, 5) is 12.8. The average molecular weight is 489 g/mol. The molecule has 174 valence electrons. The predicted molar refractivity (Wildman–Crippen MR) is 126 cm³/mol. The number of carbonyl (C=O) groups excluding carboxylic acids is 1. The molecule has 1 aliphatic carbocycles. The Bertz CT molecular complexity index is 1200. The number of sulfonamides is 1. The van der Waals surface area contributed by atoms with Crippen LogP contribution in [0.3, 0.4) is 0 Å². The number of hydrogen-bond donors (Lipinski definition) is 1. The van der Waals surface area contributed by atoms with Crippen LogP contribution < -0.4 is 5.32 Å². The molecule has 0 unspecified atom stereocenters. The maximum Gasteiger partial charge on any atom is 0.322 e. The van der Waals surface area contributed by atoms with Crippen LogP contribution in [0.25, 0.3) is 11.5 Å². The van der Waals surface area contributed by atoms with Crippen LogP contribution in [-0.4, -0.2) is 41.4 Å². The monoisotopic (exact) mass is 488 g/mol. The molecule has 0 spiro atoms. The van der Waals surface area contributed by atoms with Crippen molar-refractivity contribution in [2.45, 2.75) is 50.0 Å². The van der Waals surface area contributed by atoms with Gasteiger partial charge in [-0.05, 0) is 61.4 Å². The van der Waals surface area contributed by atoms with Crippen molar-refractivity contribution in [2.24, 2.45) is 0 Å². The van der Waals surface area contributed by atoms with Crippen LogP contribution in [0.5, 0.6) is 0 Å². The van der Waals surface area contributed by atoms with E-state index in [0.717, 1.165) is 32.1 Å². The topological polar surface area (TPSA) is 105 Å². The lowest BCUT2D eigenvalue weighted by atomic mass is 9.95. The highest BCUT2D eigenvalue weighted by molar-refractivity contribution is 7.89. The number of hydrogen-bond acceptors (Lipinski definition) is 6. The molecule has 10 heteroatoms. The summed E-state index contributed by atoms with van der Waals surface area (Å²) in [6.07, 6.45) is 5.01. The molecule has 1 saturated carbocycles. The molecule has 33 heavy (non-hydrogen) atoms. The van der Waals surface area contributed by atoms with Crippen LogP contribution >= 0.6 is 11.6 Å². The first-order valence-corrected chi connectivity index (χ1v) is 12.7.